The standard InChI is InChI=1S/C13H15BrClNO/c1-7(2)12-9-4-8(15)5-10(14)13(9)17-11(12)6-16-3/h4-5,7,16H,6H2,1-3H3. The fourth-order valence-electron chi connectivity index (χ4n) is 2.12. The number of rotatable bonds is 3. The van der Waals surface area contributed by atoms with E-state index < -0.39 is 0 Å². The molecule has 2 rings (SSSR count). The lowest BCUT2D eigenvalue weighted by molar-refractivity contribution is 0.519. The van der Waals surface area contributed by atoms with E-state index in [9.17, 15) is 0 Å². The quantitative estimate of drug-likeness (QED) is 0.888. The second-order valence-corrected chi connectivity index (χ2v) is 5.68. The number of halogens is 2. The van der Waals surface area contributed by atoms with Gasteiger partial charge in [0.2, 0.25) is 0 Å². The highest BCUT2D eigenvalue weighted by atomic mass is 79.9. The molecule has 1 N–H and O–H groups in total. The van der Waals surface area contributed by atoms with Crippen LogP contribution in [0.4, 0.5) is 0 Å². The maximum atomic E-state index is 6.10. The molecule has 0 aliphatic rings. The minimum Gasteiger partial charge on any atom is -0.458 e. The van der Waals surface area contributed by atoms with E-state index in [1.54, 1.807) is 0 Å². The van der Waals surface area contributed by atoms with Gasteiger partial charge < -0.3 is 9.73 Å². The molecule has 0 saturated carbocycles. The van der Waals surface area contributed by atoms with Gasteiger partial charge in [0.25, 0.3) is 0 Å². The minimum absolute atomic E-state index is 0.407. The number of nitrogens with one attached hydrogen (secondary N) is 1. The Bertz CT molecular complexity index is 548. The van der Waals surface area contributed by atoms with E-state index >= 15 is 0 Å². The Hall–Kier alpha value is -0.510. The molecule has 4 heteroatoms. The predicted molar refractivity (Wildman–Crippen MR) is 75.8 cm³/mol. The molecule has 0 fully saturated rings. The van der Waals surface area contributed by atoms with Crippen LogP contribution in [0, 0.1) is 0 Å². The Morgan fingerprint density at radius 3 is 2.71 bits per heavy atom. The summed E-state index contributed by atoms with van der Waals surface area (Å²) in [4.78, 5) is 0. The van der Waals surface area contributed by atoms with Crippen LogP contribution in [0.25, 0.3) is 11.0 Å². The Kier molecular flexibility index (Phi) is 3.81. The number of benzene rings is 1. The summed E-state index contributed by atoms with van der Waals surface area (Å²) in [7, 11) is 1.92. The first-order chi connectivity index (χ1) is 8.04. The molecular formula is C13H15BrClNO. The summed E-state index contributed by atoms with van der Waals surface area (Å²) < 4.78 is 6.83. The summed E-state index contributed by atoms with van der Waals surface area (Å²) in [5, 5.41) is 4.96. The van der Waals surface area contributed by atoms with Crippen LogP contribution in [0.15, 0.2) is 21.0 Å². The second kappa shape index (κ2) is 5.01. The van der Waals surface area contributed by atoms with Gasteiger partial charge in [-0.05, 0) is 41.0 Å². The van der Waals surface area contributed by atoms with Gasteiger partial charge in [0.15, 0.2) is 0 Å². The predicted octanol–water partition coefficient (Wildman–Crippen LogP) is 4.69. The highest BCUT2D eigenvalue weighted by molar-refractivity contribution is 9.10. The highest BCUT2D eigenvalue weighted by Crippen LogP contribution is 2.37. The average molecular weight is 317 g/mol. The first kappa shape index (κ1) is 12.9. The summed E-state index contributed by atoms with van der Waals surface area (Å²) in [5.41, 5.74) is 2.11. The van der Waals surface area contributed by atoms with Gasteiger partial charge in [-0.3, -0.25) is 0 Å². The maximum Gasteiger partial charge on any atom is 0.148 e. The summed E-state index contributed by atoms with van der Waals surface area (Å²) in [6.45, 7) is 5.06. The van der Waals surface area contributed by atoms with Crippen LogP contribution in [0.2, 0.25) is 5.02 Å². The van der Waals surface area contributed by atoms with Gasteiger partial charge in [-0.15, -0.1) is 0 Å². The van der Waals surface area contributed by atoms with Gasteiger partial charge in [-0.2, -0.15) is 0 Å². The van der Waals surface area contributed by atoms with Crippen molar-refractivity contribution in [2.45, 2.75) is 26.3 Å². The normalized spacial score (nSPS) is 11.6. The van der Waals surface area contributed by atoms with Gasteiger partial charge >= 0.3 is 0 Å². The molecule has 1 aromatic heterocycles. The molecule has 17 heavy (non-hydrogen) atoms. The van der Waals surface area contributed by atoms with Crippen LogP contribution in [0.5, 0.6) is 0 Å². The molecular weight excluding hydrogens is 302 g/mol. The summed E-state index contributed by atoms with van der Waals surface area (Å²) in [5.74, 6) is 1.39. The number of fused-ring (bicyclic) bond motifs is 1. The van der Waals surface area contributed by atoms with Gasteiger partial charge in [-0.25, -0.2) is 0 Å². The van der Waals surface area contributed by atoms with Gasteiger partial charge in [0.05, 0.1) is 11.0 Å². The average Bonchev–Trinajstić information content (AvgIpc) is 2.57. The third kappa shape index (κ3) is 2.37. The van der Waals surface area contributed by atoms with Crippen molar-refractivity contribution in [1.29, 1.82) is 0 Å². The van der Waals surface area contributed by atoms with E-state index in [2.05, 4.69) is 35.1 Å². The largest absolute Gasteiger partial charge is 0.458 e. The fraction of sp³-hybridized carbons (Fsp3) is 0.385. The number of furan rings is 1. The zero-order valence-corrected chi connectivity index (χ0v) is 12.4. The fourth-order valence-corrected chi connectivity index (χ4v) is 3.01. The Morgan fingerprint density at radius 1 is 1.41 bits per heavy atom. The minimum atomic E-state index is 0.407. The van der Waals surface area contributed by atoms with E-state index in [-0.39, 0.29) is 0 Å². The van der Waals surface area contributed by atoms with Crippen LogP contribution >= 0.6 is 27.5 Å². The van der Waals surface area contributed by atoms with Gasteiger partial charge in [-0.1, -0.05) is 25.4 Å². The van der Waals surface area contributed by atoms with Crippen molar-refractivity contribution in [3.05, 3.63) is 33.0 Å². The van der Waals surface area contributed by atoms with E-state index in [1.165, 1.54) is 5.56 Å². The van der Waals surface area contributed by atoms with Gasteiger partial charge in [0.1, 0.15) is 11.3 Å². The smallest absolute Gasteiger partial charge is 0.148 e. The van der Waals surface area contributed by atoms with Crippen LogP contribution in [0.1, 0.15) is 31.1 Å². The van der Waals surface area contributed by atoms with Gasteiger partial charge in [0, 0.05) is 16.0 Å². The first-order valence-electron chi connectivity index (χ1n) is 5.59. The van der Waals surface area contributed by atoms with E-state index in [4.69, 9.17) is 16.0 Å². The van der Waals surface area contributed by atoms with Crippen LogP contribution in [0.3, 0.4) is 0 Å². The Labute approximate surface area is 114 Å². The molecule has 0 atom stereocenters. The second-order valence-electron chi connectivity index (χ2n) is 4.39. The molecule has 0 aliphatic heterocycles. The van der Waals surface area contributed by atoms with Crippen molar-refractivity contribution in [1.82, 2.24) is 5.32 Å². The number of hydrogen-bond donors (Lipinski definition) is 1. The topological polar surface area (TPSA) is 25.2 Å². The van der Waals surface area contributed by atoms with E-state index in [0.717, 1.165) is 32.8 Å². The maximum absolute atomic E-state index is 6.10. The van der Waals surface area contributed by atoms with Crippen molar-refractivity contribution >= 4 is 38.5 Å². The van der Waals surface area contributed by atoms with Crippen molar-refractivity contribution in [2.24, 2.45) is 0 Å². The molecule has 1 heterocycles. The lowest BCUT2D eigenvalue weighted by Gasteiger charge is -2.06. The SMILES string of the molecule is CNCc1oc2c(Br)cc(Cl)cc2c1C(C)C. The molecule has 0 spiro atoms. The van der Waals surface area contributed by atoms with Crippen LogP contribution in [-0.4, -0.2) is 7.05 Å². The first-order valence-corrected chi connectivity index (χ1v) is 6.76. The molecule has 0 bridgehead atoms. The summed E-state index contributed by atoms with van der Waals surface area (Å²) in [6.07, 6.45) is 0. The molecule has 0 unspecified atom stereocenters. The molecule has 2 aromatic rings. The molecule has 1 aromatic carbocycles. The van der Waals surface area contributed by atoms with Crippen molar-refractivity contribution in [2.75, 3.05) is 7.05 Å². The monoisotopic (exact) mass is 315 g/mol. The molecule has 92 valence electrons. The summed E-state index contributed by atoms with van der Waals surface area (Å²) >= 11 is 9.60. The molecule has 0 aliphatic carbocycles. The molecule has 0 radical (unpaired) electrons. The third-order valence-electron chi connectivity index (χ3n) is 2.74. The van der Waals surface area contributed by atoms with Crippen LogP contribution < -0.4 is 5.32 Å². The zero-order chi connectivity index (χ0) is 12.6. The lowest BCUT2D eigenvalue weighted by Crippen LogP contribution is -2.06. The Morgan fingerprint density at radius 2 is 2.12 bits per heavy atom. The van der Waals surface area contributed by atoms with Crippen molar-refractivity contribution in [3.63, 3.8) is 0 Å². The van der Waals surface area contributed by atoms with Crippen molar-refractivity contribution in [3.8, 4) is 0 Å². The van der Waals surface area contributed by atoms with E-state index in [1.807, 2.05) is 19.2 Å². The summed E-state index contributed by atoms with van der Waals surface area (Å²) in [6, 6.07) is 3.83. The molecule has 0 amide bonds. The molecule has 0 saturated heterocycles. The highest BCUT2D eigenvalue weighted by Gasteiger charge is 2.18. The Balaban J connectivity index is 2.75. The van der Waals surface area contributed by atoms with Crippen molar-refractivity contribution < 1.29 is 4.42 Å². The number of hydrogen-bond acceptors (Lipinski definition) is 2. The molecule has 2 nitrogen and oxygen atoms in total. The van der Waals surface area contributed by atoms with Crippen LogP contribution in [-0.2, 0) is 6.54 Å². The third-order valence-corrected chi connectivity index (χ3v) is 3.55. The van der Waals surface area contributed by atoms with E-state index in [0.29, 0.717) is 5.92 Å². The zero-order valence-electron chi connectivity index (χ0n) is 10.1. The lowest BCUT2D eigenvalue weighted by atomic mass is 9.99.